The van der Waals surface area contributed by atoms with Gasteiger partial charge in [0.15, 0.2) is 0 Å². The topological polar surface area (TPSA) is 79.0 Å². The van der Waals surface area contributed by atoms with Gasteiger partial charge in [-0.2, -0.15) is 4.31 Å². The molecule has 1 aromatic carbocycles. The Bertz CT molecular complexity index is 797. The molecule has 1 unspecified atom stereocenters. The number of carbonyl (C=O) groups excluding carboxylic acids is 1. The number of benzene rings is 1. The molecule has 174 valence electrons. The summed E-state index contributed by atoms with van der Waals surface area (Å²) in [6, 6.07) is 6.62. The van der Waals surface area contributed by atoms with Crippen LogP contribution in [0.4, 0.5) is 0 Å². The van der Waals surface area contributed by atoms with Crippen molar-refractivity contribution in [2.24, 2.45) is 5.92 Å². The summed E-state index contributed by atoms with van der Waals surface area (Å²) in [6.07, 6.45) is 4.97. The smallest absolute Gasteiger partial charge is 0.251 e. The number of hydrogen-bond acceptors (Lipinski definition) is 5. The van der Waals surface area contributed by atoms with E-state index >= 15 is 0 Å². The van der Waals surface area contributed by atoms with Gasteiger partial charge >= 0.3 is 0 Å². The van der Waals surface area contributed by atoms with Crippen LogP contribution < -0.4 is 5.32 Å². The predicted molar refractivity (Wildman–Crippen MR) is 122 cm³/mol. The number of sulfonamides is 1. The highest BCUT2D eigenvalue weighted by Gasteiger charge is 2.26. The average Bonchev–Trinajstić information content (AvgIpc) is 3.07. The van der Waals surface area contributed by atoms with Crippen LogP contribution in [0.5, 0.6) is 0 Å². The molecule has 0 spiro atoms. The molecule has 3 rings (SSSR count). The van der Waals surface area contributed by atoms with Crippen LogP contribution in [-0.2, 0) is 14.8 Å². The zero-order valence-corrected chi connectivity index (χ0v) is 19.7. The van der Waals surface area contributed by atoms with E-state index < -0.39 is 10.0 Å². The van der Waals surface area contributed by atoms with Crippen molar-refractivity contribution in [1.82, 2.24) is 14.5 Å². The maximum Gasteiger partial charge on any atom is 0.251 e. The van der Waals surface area contributed by atoms with Gasteiger partial charge in [-0.1, -0.05) is 26.7 Å². The molecule has 2 heterocycles. The second-order valence-electron chi connectivity index (χ2n) is 8.98. The standard InChI is InChI=1S/C23H37N3O4S/c1-19(2)17-21(25-13-15-30-16-14-25)18-24-23(27)20-7-9-22(10-8-20)31(28,29)26-11-5-3-4-6-12-26/h7-10,19,21H,3-6,11-18H2,1-2H3,(H,24,27). The van der Waals surface area contributed by atoms with Crippen LogP contribution in [0, 0.1) is 5.92 Å². The maximum atomic E-state index is 12.9. The normalized spacial score (nSPS) is 20.4. The molecule has 2 saturated heterocycles. The number of rotatable bonds is 8. The van der Waals surface area contributed by atoms with Gasteiger partial charge in [0.2, 0.25) is 10.0 Å². The molecule has 2 aliphatic heterocycles. The first-order valence-corrected chi connectivity index (χ1v) is 13.0. The third kappa shape index (κ3) is 6.75. The first-order chi connectivity index (χ1) is 14.9. The Morgan fingerprint density at radius 2 is 1.61 bits per heavy atom. The summed E-state index contributed by atoms with van der Waals surface area (Å²) in [7, 11) is -3.50. The van der Waals surface area contributed by atoms with E-state index in [-0.39, 0.29) is 16.8 Å². The van der Waals surface area contributed by atoms with Crippen molar-refractivity contribution in [3.05, 3.63) is 29.8 Å². The van der Waals surface area contributed by atoms with E-state index in [0.29, 0.717) is 31.1 Å². The van der Waals surface area contributed by atoms with Gasteiger partial charge < -0.3 is 10.1 Å². The quantitative estimate of drug-likeness (QED) is 0.658. The van der Waals surface area contributed by atoms with E-state index in [4.69, 9.17) is 4.74 Å². The summed E-state index contributed by atoms with van der Waals surface area (Å²) in [4.78, 5) is 15.4. The second-order valence-corrected chi connectivity index (χ2v) is 10.9. The summed E-state index contributed by atoms with van der Waals surface area (Å²) in [5, 5.41) is 3.05. The van der Waals surface area contributed by atoms with Gasteiger partial charge in [-0.3, -0.25) is 9.69 Å². The fraction of sp³-hybridized carbons (Fsp3) is 0.696. The van der Waals surface area contributed by atoms with Crippen LogP contribution in [0.1, 0.15) is 56.3 Å². The summed E-state index contributed by atoms with van der Waals surface area (Å²) in [5.41, 5.74) is 0.486. The summed E-state index contributed by atoms with van der Waals surface area (Å²) >= 11 is 0. The van der Waals surface area contributed by atoms with Crippen molar-refractivity contribution < 1.29 is 17.9 Å². The number of carbonyl (C=O) groups is 1. The lowest BCUT2D eigenvalue weighted by Crippen LogP contribution is -2.49. The molecule has 2 aliphatic rings. The molecule has 0 bridgehead atoms. The van der Waals surface area contributed by atoms with Crippen LogP contribution in [0.3, 0.4) is 0 Å². The Morgan fingerprint density at radius 1 is 1.00 bits per heavy atom. The number of hydrogen-bond donors (Lipinski definition) is 1. The number of amides is 1. The van der Waals surface area contributed by atoms with E-state index in [1.54, 1.807) is 28.6 Å². The molecule has 1 amide bonds. The molecule has 1 aromatic rings. The van der Waals surface area contributed by atoms with Crippen LogP contribution in [0.25, 0.3) is 0 Å². The maximum absolute atomic E-state index is 12.9. The zero-order chi connectivity index (χ0) is 22.3. The number of nitrogens with zero attached hydrogens (tertiary/aromatic N) is 2. The van der Waals surface area contributed by atoms with E-state index in [9.17, 15) is 13.2 Å². The molecule has 7 nitrogen and oxygen atoms in total. The number of nitrogens with one attached hydrogen (secondary N) is 1. The van der Waals surface area contributed by atoms with Crippen LogP contribution >= 0.6 is 0 Å². The molecule has 0 saturated carbocycles. The highest BCUT2D eigenvalue weighted by molar-refractivity contribution is 7.89. The second kappa shape index (κ2) is 11.4. The van der Waals surface area contributed by atoms with Gasteiger partial charge in [-0.25, -0.2) is 8.42 Å². The van der Waals surface area contributed by atoms with E-state index in [2.05, 4.69) is 24.1 Å². The average molecular weight is 452 g/mol. The van der Waals surface area contributed by atoms with Gasteiger partial charge in [0.1, 0.15) is 0 Å². The van der Waals surface area contributed by atoms with E-state index in [0.717, 1.165) is 58.4 Å². The first-order valence-electron chi connectivity index (χ1n) is 11.6. The largest absolute Gasteiger partial charge is 0.379 e. The fourth-order valence-electron chi connectivity index (χ4n) is 4.37. The van der Waals surface area contributed by atoms with E-state index in [1.807, 2.05) is 0 Å². The highest BCUT2D eigenvalue weighted by Crippen LogP contribution is 2.21. The minimum absolute atomic E-state index is 0.166. The Kier molecular flexibility index (Phi) is 8.89. The lowest BCUT2D eigenvalue weighted by atomic mass is 10.0. The van der Waals surface area contributed by atoms with Gasteiger partial charge in [0.05, 0.1) is 18.1 Å². The van der Waals surface area contributed by atoms with Crippen molar-refractivity contribution in [2.45, 2.75) is 56.9 Å². The fourth-order valence-corrected chi connectivity index (χ4v) is 5.89. The lowest BCUT2D eigenvalue weighted by Gasteiger charge is -2.35. The Labute approximate surface area is 187 Å². The van der Waals surface area contributed by atoms with Crippen LogP contribution in [0.2, 0.25) is 0 Å². The summed E-state index contributed by atoms with van der Waals surface area (Å²) < 4.78 is 32.9. The number of ether oxygens (including phenoxy) is 1. The molecule has 2 fully saturated rings. The van der Waals surface area contributed by atoms with Crippen molar-refractivity contribution >= 4 is 15.9 Å². The minimum atomic E-state index is -3.50. The molecule has 1 atom stereocenters. The Hall–Kier alpha value is -1.48. The van der Waals surface area contributed by atoms with Gasteiger partial charge in [0, 0.05) is 44.3 Å². The minimum Gasteiger partial charge on any atom is -0.379 e. The van der Waals surface area contributed by atoms with Crippen LogP contribution in [-0.4, -0.2) is 75.5 Å². The molecule has 31 heavy (non-hydrogen) atoms. The molecule has 0 aromatic heterocycles. The van der Waals surface area contributed by atoms with Crippen molar-refractivity contribution in [2.75, 3.05) is 45.9 Å². The van der Waals surface area contributed by atoms with E-state index in [1.165, 1.54) is 0 Å². The summed E-state index contributed by atoms with van der Waals surface area (Å²) in [6.45, 7) is 9.34. The Balaban J connectivity index is 1.61. The molecule has 0 aliphatic carbocycles. The summed E-state index contributed by atoms with van der Waals surface area (Å²) in [5.74, 6) is 0.369. The van der Waals surface area contributed by atoms with Crippen LogP contribution in [0.15, 0.2) is 29.2 Å². The first kappa shape index (κ1) is 24.2. The van der Waals surface area contributed by atoms with Gasteiger partial charge in [-0.05, 0) is 49.4 Å². The predicted octanol–water partition coefficient (Wildman–Crippen LogP) is 2.73. The van der Waals surface area contributed by atoms with Crippen molar-refractivity contribution in [1.29, 1.82) is 0 Å². The van der Waals surface area contributed by atoms with Crippen molar-refractivity contribution in [3.63, 3.8) is 0 Å². The van der Waals surface area contributed by atoms with Gasteiger partial charge in [-0.15, -0.1) is 0 Å². The molecule has 1 N–H and O–H groups in total. The molecule has 0 radical (unpaired) electrons. The SMILES string of the molecule is CC(C)CC(CNC(=O)c1ccc(S(=O)(=O)N2CCCCCC2)cc1)N1CCOCC1. The monoisotopic (exact) mass is 451 g/mol. The zero-order valence-electron chi connectivity index (χ0n) is 18.9. The molecule has 8 heteroatoms. The van der Waals surface area contributed by atoms with Gasteiger partial charge in [0.25, 0.3) is 5.91 Å². The third-order valence-electron chi connectivity index (χ3n) is 6.12. The molecular formula is C23H37N3O4S. The lowest BCUT2D eigenvalue weighted by molar-refractivity contribution is 0.0124. The van der Waals surface area contributed by atoms with Crippen molar-refractivity contribution in [3.8, 4) is 0 Å². The Morgan fingerprint density at radius 3 is 2.19 bits per heavy atom. The number of morpholine rings is 1. The highest BCUT2D eigenvalue weighted by atomic mass is 32.2. The molecular weight excluding hydrogens is 414 g/mol. The third-order valence-corrected chi connectivity index (χ3v) is 8.04.